The number of nitrogens with one attached hydrogen (secondary N) is 2. The van der Waals surface area contributed by atoms with Crippen molar-refractivity contribution in [3.05, 3.63) is 65.4 Å². The van der Waals surface area contributed by atoms with Crippen LogP contribution in [0, 0.1) is 6.92 Å². The molecule has 0 bridgehead atoms. The summed E-state index contributed by atoms with van der Waals surface area (Å²) in [6.07, 6.45) is 9.92. The van der Waals surface area contributed by atoms with Gasteiger partial charge in [-0.1, -0.05) is 36.8 Å². The molecule has 33 heavy (non-hydrogen) atoms. The number of aryl methyl sites for hydroxylation is 1. The normalized spacial score (nSPS) is 15.3. The van der Waals surface area contributed by atoms with Crippen LogP contribution in [0.2, 0.25) is 0 Å². The Balaban J connectivity index is 1.87. The van der Waals surface area contributed by atoms with Crippen molar-refractivity contribution in [2.75, 3.05) is 25.1 Å². The highest BCUT2D eigenvalue weighted by atomic mass is 32.2. The van der Waals surface area contributed by atoms with E-state index in [1.54, 1.807) is 17.8 Å². The SMILES string of the molecule is CSCC[C@H](NC(=O)c1ccc(/C=C/NN2CCCCC2)cc1-c1ccccc1C)C(=O)O. The van der Waals surface area contributed by atoms with Gasteiger partial charge in [-0.2, -0.15) is 11.8 Å². The van der Waals surface area contributed by atoms with E-state index in [9.17, 15) is 14.7 Å². The molecule has 1 aliphatic rings. The Labute approximate surface area is 200 Å². The van der Waals surface area contributed by atoms with Crippen LogP contribution in [0.1, 0.15) is 47.2 Å². The van der Waals surface area contributed by atoms with Gasteiger partial charge in [0.05, 0.1) is 0 Å². The van der Waals surface area contributed by atoms with Crippen LogP contribution in [0.5, 0.6) is 0 Å². The molecule has 1 fully saturated rings. The molecular formula is C26H33N3O3S. The average molecular weight is 468 g/mol. The minimum atomic E-state index is -1.02. The standard InChI is InChI=1S/C26H33N3O3S/c1-19-8-4-5-9-21(19)23-18-20(12-14-27-29-15-6-3-7-16-29)10-11-22(23)25(30)28-24(26(31)32)13-17-33-2/h4-5,8-12,14,18,24,27H,3,6-7,13,15-17H2,1-2H3,(H,28,30)(H,31,32)/b14-12+/t24-/m0/s1. The van der Waals surface area contributed by atoms with Crippen molar-refractivity contribution >= 4 is 29.7 Å². The van der Waals surface area contributed by atoms with Crippen LogP contribution in [0.4, 0.5) is 0 Å². The van der Waals surface area contributed by atoms with Crippen molar-refractivity contribution in [1.82, 2.24) is 15.8 Å². The van der Waals surface area contributed by atoms with E-state index < -0.39 is 12.0 Å². The number of carboxylic acids is 1. The second kappa shape index (κ2) is 12.5. The Hall–Kier alpha value is -2.77. The first-order chi connectivity index (χ1) is 16.0. The molecule has 0 spiro atoms. The van der Waals surface area contributed by atoms with Crippen molar-refractivity contribution in [1.29, 1.82) is 0 Å². The molecular weight excluding hydrogens is 434 g/mol. The quantitative estimate of drug-likeness (QED) is 0.475. The minimum Gasteiger partial charge on any atom is -0.480 e. The molecule has 1 atom stereocenters. The third-order valence-electron chi connectivity index (χ3n) is 5.83. The molecule has 176 valence electrons. The smallest absolute Gasteiger partial charge is 0.326 e. The van der Waals surface area contributed by atoms with Gasteiger partial charge in [0.25, 0.3) is 5.91 Å². The fourth-order valence-corrected chi connectivity index (χ4v) is 4.42. The third kappa shape index (κ3) is 7.11. The second-order valence-corrected chi connectivity index (χ2v) is 9.26. The predicted molar refractivity (Wildman–Crippen MR) is 136 cm³/mol. The van der Waals surface area contributed by atoms with E-state index in [1.165, 1.54) is 19.3 Å². The van der Waals surface area contributed by atoms with Gasteiger partial charge in [0.15, 0.2) is 0 Å². The molecule has 7 heteroatoms. The van der Waals surface area contributed by atoms with E-state index in [0.717, 1.165) is 35.3 Å². The molecule has 6 nitrogen and oxygen atoms in total. The van der Waals surface area contributed by atoms with Crippen LogP contribution in [-0.2, 0) is 4.79 Å². The number of thioether (sulfide) groups is 1. The number of amides is 1. The van der Waals surface area contributed by atoms with E-state index in [-0.39, 0.29) is 5.91 Å². The highest BCUT2D eigenvalue weighted by Crippen LogP contribution is 2.28. The maximum atomic E-state index is 13.1. The zero-order valence-electron chi connectivity index (χ0n) is 19.3. The first-order valence-corrected chi connectivity index (χ1v) is 12.8. The van der Waals surface area contributed by atoms with E-state index in [4.69, 9.17) is 0 Å². The number of rotatable bonds is 10. The summed E-state index contributed by atoms with van der Waals surface area (Å²) in [7, 11) is 0. The molecule has 0 aliphatic carbocycles. The summed E-state index contributed by atoms with van der Waals surface area (Å²) in [6.45, 7) is 4.09. The minimum absolute atomic E-state index is 0.372. The van der Waals surface area contributed by atoms with Crippen molar-refractivity contribution in [2.45, 2.75) is 38.6 Å². The molecule has 0 unspecified atom stereocenters. The number of piperidine rings is 1. The number of carbonyl (C=O) groups excluding carboxylic acids is 1. The van der Waals surface area contributed by atoms with Gasteiger partial charge in [0, 0.05) is 24.9 Å². The van der Waals surface area contributed by atoms with E-state index >= 15 is 0 Å². The lowest BCUT2D eigenvalue weighted by molar-refractivity contribution is -0.139. The van der Waals surface area contributed by atoms with Gasteiger partial charge in [0.1, 0.15) is 6.04 Å². The first kappa shape index (κ1) is 24.9. The van der Waals surface area contributed by atoms with Crippen molar-refractivity contribution in [3.8, 4) is 11.1 Å². The van der Waals surface area contributed by atoms with Crippen LogP contribution in [0.15, 0.2) is 48.7 Å². The van der Waals surface area contributed by atoms with Crippen LogP contribution in [0.3, 0.4) is 0 Å². The van der Waals surface area contributed by atoms with Gasteiger partial charge in [-0.25, -0.2) is 9.80 Å². The zero-order valence-corrected chi connectivity index (χ0v) is 20.2. The molecule has 1 heterocycles. The molecule has 2 aromatic rings. The number of nitrogens with zero attached hydrogens (tertiary/aromatic N) is 1. The van der Waals surface area contributed by atoms with Crippen molar-refractivity contribution in [2.24, 2.45) is 0 Å². The Morgan fingerprint density at radius 2 is 1.88 bits per heavy atom. The number of hydrazine groups is 1. The Bertz CT molecular complexity index is 986. The monoisotopic (exact) mass is 467 g/mol. The van der Waals surface area contributed by atoms with E-state index in [1.807, 2.05) is 61.9 Å². The summed E-state index contributed by atoms with van der Waals surface area (Å²) in [5.74, 6) is -0.725. The summed E-state index contributed by atoms with van der Waals surface area (Å²) in [5.41, 5.74) is 7.58. The molecule has 3 N–H and O–H groups in total. The Kier molecular flexibility index (Phi) is 9.39. The summed E-state index contributed by atoms with van der Waals surface area (Å²) in [5, 5.41) is 14.5. The van der Waals surface area contributed by atoms with Crippen LogP contribution in [0.25, 0.3) is 17.2 Å². The number of hydrogen-bond donors (Lipinski definition) is 3. The van der Waals surface area contributed by atoms with Crippen LogP contribution < -0.4 is 10.7 Å². The summed E-state index contributed by atoms with van der Waals surface area (Å²) in [4.78, 5) is 24.8. The highest BCUT2D eigenvalue weighted by Gasteiger charge is 2.22. The molecule has 1 aliphatic heterocycles. The molecule has 3 rings (SSSR count). The van der Waals surface area contributed by atoms with Gasteiger partial charge in [-0.15, -0.1) is 0 Å². The van der Waals surface area contributed by atoms with Crippen molar-refractivity contribution < 1.29 is 14.7 Å². The van der Waals surface area contributed by atoms with E-state index in [0.29, 0.717) is 17.7 Å². The second-order valence-electron chi connectivity index (χ2n) is 8.28. The zero-order chi connectivity index (χ0) is 23.6. The average Bonchev–Trinajstić information content (AvgIpc) is 2.82. The number of carbonyl (C=O) groups is 2. The van der Waals surface area contributed by atoms with Crippen molar-refractivity contribution in [3.63, 3.8) is 0 Å². The molecule has 0 saturated carbocycles. The predicted octanol–water partition coefficient (Wildman–Crippen LogP) is 4.56. The number of hydrogen-bond acceptors (Lipinski definition) is 5. The first-order valence-electron chi connectivity index (χ1n) is 11.4. The summed E-state index contributed by atoms with van der Waals surface area (Å²) < 4.78 is 0. The van der Waals surface area contributed by atoms with E-state index in [2.05, 4.69) is 15.8 Å². The van der Waals surface area contributed by atoms with Gasteiger partial charge < -0.3 is 15.8 Å². The molecule has 1 saturated heterocycles. The van der Waals surface area contributed by atoms with Gasteiger partial charge in [-0.05, 0) is 78.7 Å². The number of carboxylic acid groups (broad SMARTS) is 1. The van der Waals surface area contributed by atoms with Crippen LogP contribution in [-0.4, -0.2) is 53.1 Å². The van der Waals surface area contributed by atoms with Gasteiger partial charge in [0.2, 0.25) is 0 Å². The Morgan fingerprint density at radius 1 is 1.12 bits per heavy atom. The number of benzene rings is 2. The van der Waals surface area contributed by atoms with Gasteiger partial charge in [-0.3, -0.25) is 4.79 Å². The third-order valence-corrected chi connectivity index (χ3v) is 6.47. The highest BCUT2D eigenvalue weighted by molar-refractivity contribution is 7.98. The lowest BCUT2D eigenvalue weighted by atomic mass is 9.93. The summed E-state index contributed by atoms with van der Waals surface area (Å²) in [6, 6.07) is 12.7. The van der Waals surface area contributed by atoms with Crippen LogP contribution >= 0.6 is 11.8 Å². The maximum Gasteiger partial charge on any atom is 0.326 e. The summed E-state index contributed by atoms with van der Waals surface area (Å²) >= 11 is 1.56. The topological polar surface area (TPSA) is 81.7 Å². The molecule has 2 aromatic carbocycles. The maximum absolute atomic E-state index is 13.1. The number of aliphatic carboxylic acids is 1. The lowest BCUT2D eigenvalue weighted by Crippen LogP contribution is -2.41. The largest absolute Gasteiger partial charge is 0.480 e. The lowest BCUT2D eigenvalue weighted by Gasteiger charge is -2.25. The molecule has 1 amide bonds. The molecule has 0 radical (unpaired) electrons. The van der Waals surface area contributed by atoms with Gasteiger partial charge >= 0.3 is 5.97 Å². The molecule has 0 aromatic heterocycles. The fourth-order valence-electron chi connectivity index (χ4n) is 3.95. The fraction of sp³-hybridized carbons (Fsp3) is 0.385. The Morgan fingerprint density at radius 3 is 2.58 bits per heavy atom.